The Labute approximate surface area is 192 Å². The summed E-state index contributed by atoms with van der Waals surface area (Å²) < 4.78 is 0. The summed E-state index contributed by atoms with van der Waals surface area (Å²) in [5.41, 5.74) is 8.07. The van der Waals surface area contributed by atoms with Crippen LogP contribution in [0.1, 0.15) is 44.4 Å². The van der Waals surface area contributed by atoms with E-state index in [2.05, 4.69) is 55.9 Å². The molecule has 4 rings (SSSR count). The van der Waals surface area contributed by atoms with Crippen molar-refractivity contribution in [2.24, 2.45) is 0 Å². The number of carbonyl (C=O) groups is 1. The number of thiophene rings is 1. The number of fused-ring (bicyclic) bond motifs is 1. The van der Waals surface area contributed by atoms with Gasteiger partial charge < -0.3 is 0 Å². The van der Waals surface area contributed by atoms with E-state index >= 15 is 0 Å². The lowest BCUT2D eigenvalue weighted by Crippen LogP contribution is -2.03. The first-order valence-electron chi connectivity index (χ1n) is 10.5. The molecule has 0 atom stereocenters. The second kappa shape index (κ2) is 8.93. The number of aryl methyl sites for hydroxylation is 5. The Kier molecular flexibility index (Phi) is 6.26. The van der Waals surface area contributed by atoms with Gasteiger partial charge >= 0.3 is 0 Å². The third-order valence-corrected chi connectivity index (χ3v) is 8.04. The maximum absolute atomic E-state index is 12.9. The molecule has 0 bridgehead atoms. The van der Waals surface area contributed by atoms with Gasteiger partial charge in [-0.1, -0.05) is 49.0 Å². The molecule has 0 fully saturated rings. The lowest BCUT2D eigenvalue weighted by atomic mass is 9.98. The first kappa shape index (κ1) is 21.7. The van der Waals surface area contributed by atoms with Crippen molar-refractivity contribution >= 4 is 39.1 Å². The van der Waals surface area contributed by atoms with E-state index in [9.17, 15) is 4.79 Å². The van der Waals surface area contributed by atoms with Crippen molar-refractivity contribution in [2.45, 2.75) is 46.1 Å². The number of benzene rings is 2. The molecular formula is C26H26N2OS2. The predicted octanol–water partition coefficient (Wildman–Crippen LogP) is 7.13. The van der Waals surface area contributed by atoms with Gasteiger partial charge in [0.15, 0.2) is 5.78 Å². The predicted molar refractivity (Wildman–Crippen MR) is 133 cm³/mol. The first-order valence-corrected chi connectivity index (χ1v) is 12.3. The zero-order valence-electron chi connectivity index (χ0n) is 18.6. The van der Waals surface area contributed by atoms with Crippen molar-refractivity contribution in [1.29, 1.82) is 0 Å². The van der Waals surface area contributed by atoms with Crippen molar-refractivity contribution < 1.29 is 4.79 Å². The van der Waals surface area contributed by atoms with Gasteiger partial charge in [0.1, 0.15) is 16.2 Å². The Morgan fingerprint density at radius 3 is 2.32 bits per heavy atom. The van der Waals surface area contributed by atoms with E-state index in [4.69, 9.17) is 0 Å². The normalized spacial score (nSPS) is 11.3. The number of nitrogens with zero attached hydrogens (tertiary/aromatic N) is 2. The SMILES string of the molecule is CCc1sc2ncnc(SCC(=O)c3ccc(C)c(C)c3)c2c1-c1ccc(C)c(C)c1. The largest absolute Gasteiger partial charge is 0.293 e. The molecule has 0 saturated carbocycles. The van der Waals surface area contributed by atoms with Gasteiger partial charge in [-0.15, -0.1) is 11.3 Å². The molecule has 0 aliphatic carbocycles. The van der Waals surface area contributed by atoms with E-state index in [1.54, 1.807) is 17.7 Å². The van der Waals surface area contributed by atoms with Gasteiger partial charge in [-0.3, -0.25) is 4.79 Å². The second-order valence-electron chi connectivity index (χ2n) is 7.92. The van der Waals surface area contributed by atoms with Gasteiger partial charge in [0.05, 0.1) is 11.1 Å². The zero-order valence-corrected chi connectivity index (χ0v) is 20.2. The third kappa shape index (κ3) is 4.30. The summed E-state index contributed by atoms with van der Waals surface area (Å²) in [5, 5.41) is 1.96. The van der Waals surface area contributed by atoms with E-state index in [1.165, 1.54) is 44.5 Å². The molecule has 0 aliphatic rings. The van der Waals surface area contributed by atoms with Crippen molar-refractivity contribution in [3.8, 4) is 11.1 Å². The molecule has 3 nitrogen and oxygen atoms in total. The molecule has 0 aliphatic heterocycles. The van der Waals surface area contributed by atoms with Gasteiger partial charge in [-0.2, -0.15) is 0 Å². The van der Waals surface area contributed by atoms with Crippen LogP contribution in [0, 0.1) is 27.7 Å². The lowest BCUT2D eigenvalue weighted by Gasteiger charge is -2.09. The fraction of sp³-hybridized carbons (Fsp3) is 0.269. The van der Waals surface area contributed by atoms with Crippen LogP contribution in [0.3, 0.4) is 0 Å². The fourth-order valence-electron chi connectivity index (χ4n) is 3.65. The molecule has 2 aromatic carbocycles. The highest BCUT2D eigenvalue weighted by molar-refractivity contribution is 8.00. The minimum Gasteiger partial charge on any atom is -0.293 e. The number of aromatic nitrogens is 2. The van der Waals surface area contributed by atoms with E-state index in [1.807, 2.05) is 25.1 Å². The molecular weight excluding hydrogens is 420 g/mol. The van der Waals surface area contributed by atoms with Crippen LogP contribution in [-0.2, 0) is 6.42 Å². The second-order valence-corrected chi connectivity index (χ2v) is 9.97. The van der Waals surface area contributed by atoms with Crippen LogP contribution in [-0.4, -0.2) is 21.5 Å². The van der Waals surface area contributed by atoms with Crippen molar-refractivity contribution in [2.75, 3.05) is 5.75 Å². The molecule has 0 spiro atoms. The van der Waals surface area contributed by atoms with Crippen molar-refractivity contribution in [1.82, 2.24) is 9.97 Å². The summed E-state index contributed by atoms with van der Waals surface area (Å²) in [4.78, 5) is 24.3. The lowest BCUT2D eigenvalue weighted by molar-refractivity contribution is 0.102. The number of ketones is 1. The van der Waals surface area contributed by atoms with E-state index in [-0.39, 0.29) is 5.78 Å². The van der Waals surface area contributed by atoms with Gasteiger partial charge in [-0.05, 0) is 68.0 Å². The smallest absolute Gasteiger partial charge is 0.173 e. The maximum Gasteiger partial charge on any atom is 0.173 e. The highest BCUT2D eigenvalue weighted by atomic mass is 32.2. The average molecular weight is 447 g/mol. The van der Waals surface area contributed by atoms with Crippen LogP contribution in [0.2, 0.25) is 0 Å². The van der Waals surface area contributed by atoms with Crippen LogP contribution < -0.4 is 0 Å². The van der Waals surface area contributed by atoms with E-state index < -0.39 is 0 Å². The molecule has 0 unspecified atom stereocenters. The minimum absolute atomic E-state index is 0.124. The van der Waals surface area contributed by atoms with Gasteiger partial charge in [0, 0.05) is 16.0 Å². The third-order valence-electron chi connectivity index (χ3n) is 5.81. The number of Topliss-reactive ketones (excluding diaryl/α,β-unsaturated/α-hetero) is 1. The molecule has 2 aromatic heterocycles. The van der Waals surface area contributed by atoms with Crippen LogP contribution in [0.15, 0.2) is 47.8 Å². The molecule has 0 radical (unpaired) electrons. The van der Waals surface area contributed by atoms with Gasteiger partial charge in [0.2, 0.25) is 0 Å². The fourth-order valence-corrected chi connectivity index (χ4v) is 5.71. The van der Waals surface area contributed by atoms with E-state index in [0.29, 0.717) is 5.75 Å². The molecule has 0 amide bonds. The zero-order chi connectivity index (χ0) is 22.1. The standard InChI is InChI=1S/C26H26N2OS2/c1-6-22-23(20-10-8-16(3)18(5)12-20)24-25(27-14-28-26(24)31-22)30-13-21(29)19-9-7-15(2)17(4)11-19/h7-12,14H,6,13H2,1-5H3. The molecule has 0 saturated heterocycles. The maximum atomic E-state index is 12.9. The summed E-state index contributed by atoms with van der Waals surface area (Å²) >= 11 is 3.24. The van der Waals surface area contributed by atoms with Crippen LogP contribution in [0.5, 0.6) is 0 Å². The molecule has 5 heteroatoms. The number of hydrogen-bond acceptors (Lipinski definition) is 5. The van der Waals surface area contributed by atoms with E-state index in [0.717, 1.165) is 32.8 Å². The number of rotatable bonds is 6. The highest BCUT2D eigenvalue weighted by Gasteiger charge is 2.19. The average Bonchev–Trinajstić information content (AvgIpc) is 3.15. The summed E-state index contributed by atoms with van der Waals surface area (Å²) in [6.07, 6.45) is 2.56. The first-order chi connectivity index (χ1) is 14.9. The van der Waals surface area contributed by atoms with Crippen molar-refractivity contribution in [3.63, 3.8) is 0 Å². The number of thioether (sulfide) groups is 1. The Morgan fingerprint density at radius 1 is 0.935 bits per heavy atom. The molecule has 0 N–H and O–H groups in total. The Bertz CT molecular complexity index is 1290. The molecule has 4 aromatic rings. The molecule has 31 heavy (non-hydrogen) atoms. The monoisotopic (exact) mass is 446 g/mol. The highest BCUT2D eigenvalue weighted by Crippen LogP contribution is 2.42. The van der Waals surface area contributed by atoms with Crippen LogP contribution in [0.25, 0.3) is 21.3 Å². The summed E-state index contributed by atoms with van der Waals surface area (Å²) in [6, 6.07) is 12.5. The Balaban J connectivity index is 1.73. The minimum atomic E-state index is 0.124. The van der Waals surface area contributed by atoms with Crippen LogP contribution >= 0.6 is 23.1 Å². The number of hydrogen-bond donors (Lipinski definition) is 0. The Morgan fingerprint density at radius 2 is 1.65 bits per heavy atom. The summed E-state index contributed by atoms with van der Waals surface area (Å²) in [6.45, 7) is 10.6. The molecule has 2 heterocycles. The van der Waals surface area contributed by atoms with Gasteiger partial charge in [0.25, 0.3) is 0 Å². The number of carbonyl (C=O) groups excluding carboxylic acids is 1. The van der Waals surface area contributed by atoms with Crippen molar-refractivity contribution in [3.05, 3.63) is 75.4 Å². The quantitative estimate of drug-likeness (QED) is 0.179. The van der Waals surface area contributed by atoms with Crippen LogP contribution in [0.4, 0.5) is 0 Å². The van der Waals surface area contributed by atoms with Gasteiger partial charge in [-0.25, -0.2) is 9.97 Å². The topological polar surface area (TPSA) is 42.9 Å². The summed E-state index contributed by atoms with van der Waals surface area (Å²) in [7, 11) is 0. The Hall–Kier alpha value is -2.50. The molecule has 158 valence electrons. The summed E-state index contributed by atoms with van der Waals surface area (Å²) in [5.74, 6) is 0.483.